The average Bonchev–Trinajstić information content (AvgIpc) is 2.39. The minimum absolute atomic E-state index is 0.111. The third-order valence-electron chi connectivity index (χ3n) is 3.57. The summed E-state index contributed by atoms with van der Waals surface area (Å²) in [6, 6.07) is 7.69. The lowest BCUT2D eigenvalue weighted by Gasteiger charge is -2.38. The van der Waals surface area contributed by atoms with E-state index in [-0.39, 0.29) is 6.42 Å². The first-order valence-electron chi connectivity index (χ1n) is 6.28. The third-order valence-corrected chi connectivity index (χ3v) is 3.57. The number of rotatable bonds is 4. The van der Waals surface area contributed by atoms with Gasteiger partial charge < -0.3 is 15.2 Å². The molecule has 0 amide bonds. The summed E-state index contributed by atoms with van der Waals surface area (Å²) in [6.07, 6.45) is 3.12. The van der Waals surface area contributed by atoms with Gasteiger partial charge in [-0.15, -0.1) is 0 Å². The smallest absolute Gasteiger partial charge is 0.305 e. The fourth-order valence-corrected chi connectivity index (χ4v) is 2.65. The van der Waals surface area contributed by atoms with Gasteiger partial charge in [-0.3, -0.25) is 4.79 Å². The largest absolute Gasteiger partial charge is 0.497 e. The molecule has 1 aliphatic heterocycles. The monoisotopic (exact) mass is 249 g/mol. The van der Waals surface area contributed by atoms with Gasteiger partial charge in [0, 0.05) is 0 Å². The van der Waals surface area contributed by atoms with Gasteiger partial charge in [0.25, 0.3) is 0 Å². The van der Waals surface area contributed by atoms with Gasteiger partial charge in [-0.1, -0.05) is 12.1 Å². The van der Waals surface area contributed by atoms with Crippen molar-refractivity contribution in [3.8, 4) is 5.75 Å². The van der Waals surface area contributed by atoms with Crippen molar-refractivity contribution in [2.45, 2.75) is 31.2 Å². The third kappa shape index (κ3) is 2.64. The first-order valence-corrected chi connectivity index (χ1v) is 6.28. The minimum Gasteiger partial charge on any atom is -0.497 e. The molecule has 1 aromatic rings. The van der Waals surface area contributed by atoms with Crippen LogP contribution in [-0.4, -0.2) is 24.7 Å². The molecular formula is C14H19NO3. The highest BCUT2D eigenvalue weighted by Gasteiger charge is 2.36. The second kappa shape index (κ2) is 5.40. The summed E-state index contributed by atoms with van der Waals surface area (Å²) >= 11 is 0. The molecule has 1 saturated heterocycles. The lowest BCUT2D eigenvalue weighted by molar-refractivity contribution is -0.139. The quantitative estimate of drug-likeness (QED) is 0.858. The molecule has 18 heavy (non-hydrogen) atoms. The zero-order chi connectivity index (χ0) is 13.0. The van der Waals surface area contributed by atoms with E-state index in [4.69, 9.17) is 9.84 Å². The van der Waals surface area contributed by atoms with Gasteiger partial charge in [-0.2, -0.15) is 0 Å². The predicted octanol–water partition coefficient (Wildman–Crippen LogP) is 2.14. The molecule has 0 radical (unpaired) electrons. The Balaban J connectivity index is 2.34. The number of aliphatic carboxylic acids is 1. The molecule has 4 heteroatoms. The highest BCUT2D eigenvalue weighted by molar-refractivity contribution is 5.69. The number of ether oxygens (including phenoxy) is 1. The van der Waals surface area contributed by atoms with E-state index in [1.807, 2.05) is 24.3 Å². The number of hydrogen-bond donors (Lipinski definition) is 2. The van der Waals surface area contributed by atoms with Crippen LogP contribution in [0, 0.1) is 0 Å². The van der Waals surface area contributed by atoms with E-state index < -0.39 is 11.5 Å². The van der Waals surface area contributed by atoms with E-state index in [0.717, 1.165) is 37.1 Å². The molecule has 0 aliphatic carbocycles. The van der Waals surface area contributed by atoms with Crippen LogP contribution in [0.3, 0.4) is 0 Å². The van der Waals surface area contributed by atoms with Crippen molar-refractivity contribution in [3.63, 3.8) is 0 Å². The Morgan fingerprint density at radius 3 is 2.94 bits per heavy atom. The Morgan fingerprint density at radius 1 is 1.50 bits per heavy atom. The van der Waals surface area contributed by atoms with Crippen molar-refractivity contribution in [1.29, 1.82) is 0 Å². The molecule has 4 nitrogen and oxygen atoms in total. The summed E-state index contributed by atoms with van der Waals surface area (Å²) < 4.78 is 5.22. The zero-order valence-electron chi connectivity index (χ0n) is 10.6. The topological polar surface area (TPSA) is 58.6 Å². The number of carboxylic acid groups (broad SMARTS) is 1. The first kappa shape index (κ1) is 12.9. The fraction of sp³-hybridized carbons (Fsp3) is 0.500. The molecule has 1 aromatic carbocycles. The molecule has 1 unspecified atom stereocenters. The van der Waals surface area contributed by atoms with Crippen molar-refractivity contribution in [2.75, 3.05) is 13.7 Å². The summed E-state index contributed by atoms with van der Waals surface area (Å²) in [6.45, 7) is 0.866. The van der Waals surface area contributed by atoms with Gasteiger partial charge in [-0.25, -0.2) is 0 Å². The molecule has 1 fully saturated rings. The van der Waals surface area contributed by atoms with Crippen LogP contribution in [-0.2, 0) is 10.3 Å². The lowest BCUT2D eigenvalue weighted by atomic mass is 9.79. The molecule has 1 aliphatic rings. The van der Waals surface area contributed by atoms with Crippen LogP contribution in [0.1, 0.15) is 31.2 Å². The summed E-state index contributed by atoms with van der Waals surface area (Å²) in [4.78, 5) is 11.1. The summed E-state index contributed by atoms with van der Waals surface area (Å²) in [7, 11) is 1.62. The number of benzene rings is 1. The molecule has 0 aromatic heterocycles. The van der Waals surface area contributed by atoms with E-state index in [9.17, 15) is 4.79 Å². The van der Waals surface area contributed by atoms with Crippen molar-refractivity contribution < 1.29 is 14.6 Å². The van der Waals surface area contributed by atoms with Crippen molar-refractivity contribution in [3.05, 3.63) is 29.8 Å². The average molecular weight is 249 g/mol. The van der Waals surface area contributed by atoms with E-state index in [1.54, 1.807) is 7.11 Å². The maximum absolute atomic E-state index is 11.1. The van der Waals surface area contributed by atoms with Crippen molar-refractivity contribution >= 4 is 5.97 Å². The highest BCUT2D eigenvalue weighted by atomic mass is 16.5. The molecule has 0 saturated carbocycles. The number of hydrogen-bond acceptors (Lipinski definition) is 3. The van der Waals surface area contributed by atoms with Gasteiger partial charge in [-0.05, 0) is 43.5 Å². The number of nitrogens with one attached hydrogen (secondary N) is 1. The zero-order valence-corrected chi connectivity index (χ0v) is 10.6. The van der Waals surface area contributed by atoms with Crippen LogP contribution in [0.4, 0.5) is 0 Å². The molecular weight excluding hydrogens is 230 g/mol. The number of methoxy groups -OCH3 is 1. The van der Waals surface area contributed by atoms with Crippen molar-refractivity contribution in [2.24, 2.45) is 0 Å². The fourth-order valence-electron chi connectivity index (χ4n) is 2.65. The van der Waals surface area contributed by atoms with Gasteiger partial charge in [0.1, 0.15) is 5.75 Å². The predicted molar refractivity (Wildman–Crippen MR) is 68.8 cm³/mol. The molecule has 2 N–H and O–H groups in total. The number of carboxylic acids is 1. The van der Waals surface area contributed by atoms with E-state index in [2.05, 4.69) is 5.32 Å². The number of carbonyl (C=O) groups is 1. The Morgan fingerprint density at radius 2 is 2.33 bits per heavy atom. The molecule has 1 atom stereocenters. The van der Waals surface area contributed by atoms with E-state index >= 15 is 0 Å². The Hall–Kier alpha value is -1.55. The second-order valence-electron chi connectivity index (χ2n) is 4.77. The molecule has 2 rings (SSSR count). The Labute approximate surface area is 107 Å². The minimum atomic E-state index is -0.771. The Bertz CT molecular complexity index is 425. The van der Waals surface area contributed by atoms with Crippen LogP contribution >= 0.6 is 0 Å². The summed E-state index contributed by atoms with van der Waals surface area (Å²) in [5.74, 6) is -0.00291. The van der Waals surface area contributed by atoms with Crippen LogP contribution < -0.4 is 10.1 Å². The van der Waals surface area contributed by atoms with Crippen molar-refractivity contribution in [1.82, 2.24) is 5.32 Å². The molecule has 1 heterocycles. The molecule has 0 spiro atoms. The maximum Gasteiger partial charge on any atom is 0.305 e. The van der Waals surface area contributed by atoms with Gasteiger partial charge in [0.05, 0.1) is 19.1 Å². The Kier molecular flexibility index (Phi) is 3.87. The molecule has 98 valence electrons. The van der Waals surface area contributed by atoms with E-state index in [0.29, 0.717) is 0 Å². The van der Waals surface area contributed by atoms with Gasteiger partial charge in [0.2, 0.25) is 0 Å². The summed E-state index contributed by atoms with van der Waals surface area (Å²) in [5.41, 5.74) is 0.558. The first-order chi connectivity index (χ1) is 8.66. The van der Waals surface area contributed by atoms with Crippen LogP contribution in [0.25, 0.3) is 0 Å². The molecule has 0 bridgehead atoms. The van der Waals surface area contributed by atoms with E-state index in [1.165, 1.54) is 0 Å². The van der Waals surface area contributed by atoms with Crippen LogP contribution in [0.15, 0.2) is 24.3 Å². The van der Waals surface area contributed by atoms with Crippen LogP contribution in [0.2, 0.25) is 0 Å². The normalized spacial score (nSPS) is 23.6. The van der Waals surface area contributed by atoms with Gasteiger partial charge >= 0.3 is 5.97 Å². The SMILES string of the molecule is COc1cccc(C2(CC(=O)O)CCCCN2)c1. The lowest BCUT2D eigenvalue weighted by Crippen LogP contribution is -2.47. The number of piperidine rings is 1. The van der Waals surface area contributed by atoms with Gasteiger partial charge in [0.15, 0.2) is 0 Å². The second-order valence-corrected chi connectivity index (χ2v) is 4.77. The van der Waals surface area contributed by atoms with Crippen LogP contribution in [0.5, 0.6) is 5.75 Å². The highest BCUT2D eigenvalue weighted by Crippen LogP contribution is 2.35. The summed E-state index contributed by atoms with van der Waals surface area (Å²) in [5, 5.41) is 12.5. The maximum atomic E-state index is 11.1. The standard InChI is InChI=1S/C14H19NO3/c1-18-12-6-4-5-11(9-12)14(10-13(16)17)7-2-3-8-15-14/h4-6,9,15H,2-3,7-8,10H2,1H3,(H,16,17).